The van der Waals surface area contributed by atoms with Crippen molar-refractivity contribution in [3.8, 4) is 0 Å². The van der Waals surface area contributed by atoms with E-state index in [0.29, 0.717) is 12.5 Å². The minimum Gasteiger partial charge on any atom is -0.369 e. The minimum atomic E-state index is -0.346. The number of aliphatic imine (C=N–C) groups is 1. The van der Waals surface area contributed by atoms with Crippen LogP contribution in [0, 0.1) is 0 Å². The molecule has 1 unspecified atom stereocenters. The van der Waals surface area contributed by atoms with Crippen molar-refractivity contribution in [2.75, 3.05) is 44.2 Å². The molecule has 27 heavy (non-hydrogen) atoms. The largest absolute Gasteiger partial charge is 0.369 e. The van der Waals surface area contributed by atoms with Gasteiger partial charge in [0.1, 0.15) is 0 Å². The minimum absolute atomic E-state index is 0.0717. The lowest BCUT2D eigenvalue weighted by Gasteiger charge is -2.20. The molecule has 3 rings (SSSR count). The third-order valence-electron chi connectivity index (χ3n) is 4.58. The molecule has 2 aliphatic heterocycles. The molecule has 9 heteroatoms. The van der Waals surface area contributed by atoms with Crippen LogP contribution >= 0.6 is 11.6 Å². The topological polar surface area (TPSA) is 89.1 Å². The molecule has 2 saturated heterocycles. The van der Waals surface area contributed by atoms with Crippen molar-refractivity contribution < 1.29 is 9.59 Å². The molecule has 2 heterocycles. The quantitative estimate of drug-likeness (QED) is 0.382. The van der Waals surface area contributed by atoms with Gasteiger partial charge in [-0.05, 0) is 31.5 Å². The van der Waals surface area contributed by atoms with Crippen molar-refractivity contribution >= 4 is 35.2 Å². The summed E-state index contributed by atoms with van der Waals surface area (Å²) in [7, 11) is 0. The zero-order valence-corrected chi connectivity index (χ0v) is 16.1. The summed E-state index contributed by atoms with van der Waals surface area (Å²) in [5.74, 6) is 0.489. The summed E-state index contributed by atoms with van der Waals surface area (Å²) < 4.78 is 0. The summed E-state index contributed by atoms with van der Waals surface area (Å²) in [6, 6.07) is 7.78. The number of imide groups is 1. The van der Waals surface area contributed by atoms with E-state index < -0.39 is 0 Å². The van der Waals surface area contributed by atoms with Crippen LogP contribution in [-0.4, -0.2) is 68.1 Å². The lowest BCUT2D eigenvalue weighted by atomic mass is 10.3. The van der Waals surface area contributed by atoms with Crippen LogP contribution in [0.1, 0.15) is 13.3 Å². The number of carbonyl (C=O) groups is 2. The van der Waals surface area contributed by atoms with Crippen molar-refractivity contribution in [1.82, 2.24) is 20.9 Å². The first-order chi connectivity index (χ1) is 13.1. The maximum atomic E-state index is 11.6. The summed E-state index contributed by atoms with van der Waals surface area (Å²) in [4.78, 5) is 31.2. The first-order valence-corrected chi connectivity index (χ1v) is 9.58. The Morgan fingerprint density at radius 2 is 2.26 bits per heavy atom. The Bertz CT molecular complexity index is 710. The highest BCUT2D eigenvalue weighted by Gasteiger charge is 2.28. The van der Waals surface area contributed by atoms with Crippen LogP contribution in [0.4, 0.5) is 10.5 Å². The molecule has 1 atom stereocenters. The number of urea groups is 1. The van der Waals surface area contributed by atoms with Crippen LogP contribution in [0.2, 0.25) is 5.02 Å². The van der Waals surface area contributed by atoms with Crippen LogP contribution in [-0.2, 0) is 4.79 Å². The van der Waals surface area contributed by atoms with E-state index in [0.717, 1.165) is 36.8 Å². The SMILES string of the molecule is CCNC(=NCCN1C(=O)CNC1=O)NC1CCN(c2cccc(Cl)c2)C1. The lowest BCUT2D eigenvalue weighted by Crippen LogP contribution is -2.45. The maximum absolute atomic E-state index is 11.6. The van der Waals surface area contributed by atoms with Gasteiger partial charge in [0.05, 0.1) is 19.6 Å². The normalized spacial score (nSPS) is 20.2. The predicted octanol–water partition coefficient (Wildman–Crippen LogP) is 1.03. The average molecular weight is 393 g/mol. The number of nitrogens with one attached hydrogen (secondary N) is 3. The lowest BCUT2D eigenvalue weighted by molar-refractivity contribution is -0.124. The smallest absolute Gasteiger partial charge is 0.324 e. The highest BCUT2D eigenvalue weighted by Crippen LogP contribution is 2.23. The number of amides is 3. The van der Waals surface area contributed by atoms with Gasteiger partial charge >= 0.3 is 6.03 Å². The third-order valence-corrected chi connectivity index (χ3v) is 4.81. The zero-order chi connectivity index (χ0) is 19.2. The molecule has 0 saturated carbocycles. The second-order valence-electron chi connectivity index (χ2n) is 6.52. The Morgan fingerprint density at radius 3 is 2.96 bits per heavy atom. The number of guanidine groups is 1. The van der Waals surface area contributed by atoms with Gasteiger partial charge in [-0.1, -0.05) is 17.7 Å². The molecular formula is C18H25ClN6O2. The summed E-state index contributed by atoms with van der Waals surface area (Å²) in [6.07, 6.45) is 0.990. The fraction of sp³-hybridized carbons (Fsp3) is 0.500. The van der Waals surface area contributed by atoms with E-state index in [1.54, 1.807) is 0 Å². The Balaban J connectivity index is 1.53. The molecule has 1 aromatic carbocycles. The van der Waals surface area contributed by atoms with Gasteiger partial charge in [-0.25, -0.2) is 4.79 Å². The summed E-state index contributed by atoms with van der Waals surface area (Å²) in [5, 5.41) is 9.90. The molecule has 1 aromatic rings. The van der Waals surface area contributed by atoms with E-state index in [-0.39, 0.29) is 31.1 Å². The first-order valence-electron chi connectivity index (χ1n) is 9.20. The number of nitrogens with zero attached hydrogens (tertiary/aromatic N) is 3. The number of hydrogen-bond acceptors (Lipinski definition) is 4. The molecule has 0 aromatic heterocycles. The van der Waals surface area contributed by atoms with Crippen LogP contribution in [0.15, 0.2) is 29.3 Å². The molecule has 3 N–H and O–H groups in total. The zero-order valence-electron chi connectivity index (χ0n) is 15.4. The van der Waals surface area contributed by atoms with E-state index in [1.165, 1.54) is 4.90 Å². The number of rotatable bonds is 6. The van der Waals surface area contributed by atoms with E-state index in [2.05, 4.69) is 31.9 Å². The van der Waals surface area contributed by atoms with Crippen molar-refractivity contribution in [3.05, 3.63) is 29.3 Å². The van der Waals surface area contributed by atoms with Gasteiger partial charge < -0.3 is 20.9 Å². The van der Waals surface area contributed by atoms with Crippen molar-refractivity contribution in [3.63, 3.8) is 0 Å². The number of benzene rings is 1. The van der Waals surface area contributed by atoms with Gasteiger partial charge in [0, 0.05) is 36.4 Å². The number of anilines is 1. The van der Waals surface area contributed by atoms with Gasteiger partial charge in [0.2, 0.25) is 5.91 Å². The van der Waals surface area contributed by atoms with Crippen molar-refractivity contribution in [2.45, 2.75) is 19.4 Å². The summed E-state index contributed by atoms with van der Waals surface area (Å²) in [5.41, 5.74) is 1.12. The predicted molar refractivity (Wildman–Crippen MR) is 106 cm³/mol. The first kappa shape index (κ1) is 19.3. The molecule has 0 aliphatic carbocycles. The fourth-order valence-corrected chi connectivity index (χ4v) is 3.43. The Labute approximate surface area is 163 Å². The number of halogens is 1. The number of carbonyl (C=O) groups excluding carboxylic acids is 2. The molecule has 3 amide bonds. The van der Waals surface area contributed by atoms with E-state index >= 15 is 0 Å². The Hall–Kier alpha value is -2.48. The van der Waals surface area contributed by atoms with E-state index in [4.69, 9.17) is 11.6 Å². The molecular weight excluding hydrogens is 368 g/mol. The molecule has 2 fully saturated rings. The monoisotopic (exact) mass is 392 g/mol. The van der Waals surface area contributed by atoms with Crippen LogP contribution in [0.5, 0.6) is 0 Å². The van der Waals surface area contributed by atoms with Gasteiger partial charge in [-0.3, -0.25) is 14.7 Å². The van der Waals surface area contributed by atoms with Crippen molar-refractivity contribution in [2.24, 2.45) is 4.99 Å². The van der Waals surface area contributed by atoms with E-state index in [9.17, 15) is 9.59 Å². The van der Waals surface area contributed by atoms with Gasteiger partial charge in [0.25, 0.3) is 0 Å². The van der Waals surface area contributed by atoms with Gasteiger partial charge in [-0.15, -0.1) is 0 Å². The van der Waals surface area contributed by atoms with E-state index in [1.807, 2.05) is 25.1 Å². The Morgan fingerprint density at radius 1 is 1.41 bits per heavy atom. The average Bonchev–Trinajstić information content (AvgIpc) is 3.23. The fourth-order valence-electron chi connectivity index (χ4n) is 3.24. The maximum Gasteiger partial charge on any atom is 0.324 e. The summed E-state index contributed by atoms with van der Waals surface area (Å²) >= 11 is 6.09. The number of hydrogen-bond donors (Lipinski definition) is 3. The van der Waals surface area contributed by atoms with Crippen molar-refractivity contribution in [1.29, 1.82) is 0 Å². The standard InChI is InChI=1S/C18H25ClN6O2/c1-2-20-17(21-7-9-25-16(26)11-22-18(25)27)23-14-6-8-24(12-14)15-5-3-4-13(19)10-15/h3-5,10,14H,2,6-9,11-12H2,1H3,(H,22,27)(H2,20,21,23). The molecule has 0 bridgehead atoms. The highest BCUT2D eigenvalue weighted by atomic mass is 35.5. The Kier molecular flexibility index (Phi) is 6.39. The molecule has 146 valence electrons. The van der Waals surface area contributed by atoms with Crippen LogP contribution < -0.4 is 20.9 Å². The van der Waals surface area contributed by atoms with Crippen LogP contribution in [0.25, 0.3) is 0 Å². The van der Waals surface area contributed by atoms with Gasteiger partial charge in [0.15, 0.2) is 5.96 Å². The molecule has 8 nitrogen and oxygen atoms in total. The van der Waals surface area contributed by atoms with Crippen LogP contribution in [0.3, 0.4) is 0 Å². The highest BCUT2D eigenvalue weighted by molar-refractivity contribution is 6.30. The second-order valence-corrected chi connectivity index (χ2v) is 6.96. The van der Waals surface area contributed by atoms with Gasteiger partial charge in [-0.2, -0.15) is 0 Å². The summed E-state index contributed by atoms with van der Waals surface area (Å²) in [6.45, 7) is 5.25. The second kappa shape index (κ2) is 8.94. The third kappa shape index (κ3) is 5.03. The molecule has 2 aliphatic rings. The molecule has 0 spiro atoms. The molecule has 0 radical (unpaired) electrons.